The minimum absolute atomic E-state index is 0.145. The summed E-state index contributed by atoms with van der Waals surface area (Å²) in [7, 11) is 0. The Morgan fingerprint density at radius 1 is 1.29 bits per heavy atom. The summed E-state index contributed by atoms with van der Waals surface area (Å²) in [4.78, 5) is 20.6. The number of hydrogen-bond acceptors (Lipinski definition) is 4. The molecular formula is C15H17N5O. The van der Waals surface area contributed by atoms with Gasteiger partial charge in [0.15, 0.2) is 0 Å². The predicted molar refractivity (Wildman–Crippen MR) is 81.5 cm³/mol. The van der Waals surface area contributed by atoms with Crippen LogP contribution in [0.25, 0.3) is 5.78 Å². The van der Waals surface area contributed by atoms with Gasteiger partial charge in [-0.05, 0) is 24.5 Å². The van der Waals surface area contributed by atoms with E-state index >= 15 is 0 Å². The molecule has 6 nitrogen and oxygen atoms in total. The first kappa shape index (κ1) is 13.4. The standard InChI is InChI=1S/C15H17N5O/c1-3-12-8-13(21)20-15(17-12)18-14(19-20)16-9-11-7-5-4-6-10(11)2/h4-8H,3,9H2,1-2H3,(H2,16,17,18,19). The number of anilines is 1. The Hall–Kier alpha value is -2.63. The van der Waals surface area contributed by atoms with Gasteiger partial charge in [-0.2, -0.15) is 9.50 Å². The van der Waals surface area contributed by atoms with Crippen LogP contribution >= 0.6 is 0 Å². The lowest BCUT2D eigenvalue weighted by atomic mass is 10.1. The van der Waals surface area contributed by atoms with Crippen molar-refractivity contribution in [1.82, 2.24) is 19.6 Å². The Morgan fingerprint density at radius 2 is 2.10 bits per heavy atom. The number of fused-ring (bicyclic) bond motifs is 1. The van der Waals surface area contributed by atoms with Crippen molar-refractivity contribution in [1.29, 1.82) is 0 Å². The molecule has 2 heterocycles. The Bertz CT molecular complexity index is 833. The molecule has 0 aliphatic carbocycles. The van der Waals surface area contributed by atoms with Gasteiger partial charge in [0, 0.05) is 18.3 Å². The van der Waals surface area contributed by atoms with Crippen LogP contribution in [0.2, 0.25) is 0 Å². The number of aromatic nitrogens is 4. The molecule has 3 rings (SSSR count). The Kier molecular flexibility index (Phi) is 3.43. The van der Waals surface area contributed by atoms with E-state index in [2.05, 4.69) is 39.4 Å². The third-order valence-corrected chi connectivity index (χ3v) is 3.45. The van der Waals surface area contributed by atoms with Crippen LogP contribution in [-0.2, 0) is 13.0 Å². The van der Waals surface area contributed by atoms with Gasteiger partial charge < -0.3 is 5.32 Å². The van der Waals surface area contributed by atoms with Crippen molar-refractivity contribution >= 4 is 11.7 Å². The highest BCUT2D eigenvalue weighted by molar-refractivity contribution is 5.38. The zero-order valence-electron chi connectivity index (χ0n) is 12.1. The maximum absolute atomic E-state index is 11.9. The van der Waals surface area contributed by atoms with E-state index in [1.807, 2.05) is 19.1 Å². The molecule has 3 aromatic rings. The molecule has 0 spiro atoms. The quantitative estimate of drug-likeness (QED) is 0.767. The maximum Gasteiger partial charge on any atom is 0.274 e. The highest BCUT2D eigenvalue weighted by Crippen LogP contribution is 2.09. The summed E-state index contributed by atoms with van der Waals surface area (Å²) >= 11 is 0. The second-order valence-corrected chi connectivity index (χ2v) is 4.93. The lowest BCUT2D eigenvalue weighted by Gasteiger charge is -2.05. The average Bonchev–Trinajstić information content (AvgIpc) is 2.90. The molecule has 0 aliphatic heterocycles. The summed E-state index contributed by atoms with van der Waals surface area (Å²) in [5.74, 6) is 0.933. The van der Waals surface area contributed by atoms with Gasteiger partial charge in [0.25, 0.3) is 11.3 Å². The van der Waals surface area contributed by atoms with E-state index in [-0.39, 0.29) is 5.56 Å². The first-order chi connectivity index (χ1) is 10.2. The second kappa shape index (κ2) is 5.40. The molecule has 0 bridgehead atoms. The van der Waals surface area contributed by atoms with Crippen molar-refractivity contribution < 1.29 is 0 Å². The van der Waals surface area contributed by atoms with Crippen molar-refractivity contribution in [2.75, 3.05) is 5.32 Å². The van der Waals surface area contributed by atoms with E-state index in [0.717, 1.165) is 5.69 Å². The molecule has 2 aromatic heterocycles. The van der Waals surface area contributed by atoms with Crippen LogP contribution in [-0.4, -0.2) is 19.6 Å². The summed E-state index contributed by atoms with van der Waals surface area (Å²) in [6.45, 7) is 4.67. The molecule has 0 fully saturated rings. The number of H-pyrrole nitrogens is 1. The summed E-state index contributed by atoms with van der Waals surface area (Å²) in [6.07, 6.45) is 0.713. The molecule has 0 saturated heterocycles. The van der Waals surface area contributed by atoms with E-state index in [0.29, 0.717) is 24.7 Å². The van der Waals surface area contributed by atoms with Crippen molar-refractivity contribution in [3.8, 4) is 0 Å². The molecule has 0 atom stereocenters. The van der Waals surface area contributed by atoms with Crippen molar-refractivity contribution in [2.24, 2.45) is 0 Å². The van der Waals surface area contributed by atoms with Gasteiger partial charge in [-0.1, -0.05) is 31.2 Å². The Balaban J connectivity index is 1.87. The van der Waals surface area contributed by atoms with Gasteiger partial charge in [0.2, 0.25) is 5.95 Å². The SMILES string of the molecule is CCc1cc(=O)n2[nH]c(NCc3ccccc3C)nc2n1. The number of aromatic amines is 1. The molecule has 2 N–H and O–H groups in total. The third-order valence-electron chi connectivity index (χ3n) is 3.45. The van der Waals surface area contributed by atoms with Gasteiger partial charge in [0.1, 0.15) is 0 Å². The number of hydrogen-bond donors (Lipinski definition) is 2. The largest absolute Gasteiger partial charge is 0.351 e. The van der Waals surface area contributed by atoms with Crippen molar-refractivity contribution in [2.45, 2.75) is 26.8 Å². The maximum atomic E-state index is 11.9. The Morgan fingerprint density at radius 3 is 2.86 bits per heavy atom. The lowest BCUT2D eigenvalue weighted by molar-refractivity contribution is 0.872. The molecular weight excluding hydrogens is 266 g/mol. The summed E-state index contributed by atoms with van der Waals surface area (Å²) in [5, 5.41) is 6.11. The van der Waals surface area contributed by atoms with Crippen LogP contribution in [0.3, 0.4) is 0 Å². The molecule has 0 amide bonds. The smallest absolute Gasteiger partial charge is 0.274 e. The van der Waals surface area contributed by atoms with Crippen LogP contribution in [0.4, 0.5) is 5.95 Å². The minimum Gasteiger partial charge on any atom is -0.351 e. The summed E-state index contributed by atoms with van der Waals surface area (Å²) in [5.41, 5.74) is 3.00. The zero-order chi connectivity index (χ0) is 14.8. The van der Waals surface area contributed by atoms with E-state index in [9.17, 15) is 4.79 Å². The first-order valence-corrected chi connectivity index (χ1v) is 6.94. The molecule has 0 aliphatic rings. The van der Waals surface area contributed by atoms with Crippen molar-refractivity contribution in [3.63, 3.8) is 0 Å². The van der Waals surface area contributed by atoms with Crippen LogP contribution in [0, 0.1) is 6.92 Å². The van der Waals surface area contributed by atoms with Gasteiger partial charge in [0.05, 0.1) is 0 Å². The van der Waals surface area contributed by atoms with E-state index in [1.165, 1.54) is 21.7 Å². The van der Waals surface area contributed by atoms with Crippen LogP contribution in [0.5, 0.6) is 0 Å². The third kappa shape index (κ3) is 2.65. The first-order valence-electron chi connectivity index (χ1n) is 6.94. The van der Waals surface area contributed by atoms with E-state index < -0.39 is 0 Å². The van der Waals surface area contributed by atoms with Crippen LogP contribution in [0.15, 0.2) is 35.1 Å². The minimum atomic E-state index is -0.145. The molecule has 21 heavy (non-hydrogen) atoms. The normalized spacial score (nSPS) is 11.0. The van der Waals surface area contributed by atoms with Crippen LogP contribution in [0.1, 0.15) is 23.7 Å². The van der Waals surface area contributed by atoms with Gasteiger partial charge in [-0.3, -0.25) is 9.89 Å². The number of benzene rings is 1. The Labute approximate surface area is 121 Å². The fourth-order valence-electron chi connectivity index (χ4n) is 2.17. The molecule has 0 saturated carbocycles. The lowest BCUT2D eigenvalue weighted by Crippen LogP contribution is -2.15. The fraction of sp³-hybridized carbons (Fsp3) is 0.267. The molecule has 6 heteroatoms. The number of nitrogens with zero attached hydrogens (tertiary/aromatic N) is 3. The molecule has 108 valence electrons. The van der Waals surface area contributed by atoms with Gasteiger partial charge >= 0.3 is 0 Å². The number of aryl methyl sites for hydroxylation is 2. The van der Waals surface area contributed by atoms with Gasteiger partial charge in [-0.25, -0.2) is 4.98 Å². The highest BCUT2D eigenvalue weighted by Gasteiger charge is 2.07. The van der Waals surface area contributed by atoms with E-state index in [4.69, 9.17) is 0 Å². The molecule has 0 unspecified atom stereocenters. The fourth-order valence-corrected chi connectivity index (χ4v) is 2.17. The topological polar surface area (TPSA) is 75.1 Å². The summed E-state index contributed by atoms with van der Waals surface area (Å²) in [6, 6.07) is 9.66. The number of rotatable bonds is 4. The number of nitrogens with one attached hydrogen (secondary N) is 2. The van der Waals surface area contributed by atoms with E-state index in [1.54, 1.807) is 0 Å². The summed E-state index contributed by atoms with van der Waals surface area (Å²) < 4.78 is 1.35. The van der Waals surface area contributed by atoms with Crippen LogP contribution < -0.4 is 10.9 Å². The van der Waals surface area contributed by atoms with Crippen molar-refractivity contribution in [3.05, 3.63) is 57.5 Å². The zero-order valence-corrected chi connectivity index (χ0v) is 12.1. The highest BCUT2D eigenvalue weighted by atomic mass is 16.1. The molecule has 0 radical (unpaired) electrons. The second-order valence-electron chi connectivity index (χ2n) is 4.93. The monoisotopic (exact) mass is 283 g/mol. The average molecular weight is 283 g/mol. The molecule has 1 aromatic carbocycles. The predicted octanol–water partition coefficient (Wildman–Crippen LogP) is 1.90. The van der Waals surface area contributed by atoms with Gasteiger partial charge in [-0.15, -0.1) is 0 Å².